The molecule has 3 rings (SSSR count). The number of ether oxygens (including phenoxy) is 1. The normalized spacial score (nSPS) is 10.6. The number of benzene rings is 2. The number of aromatic nitrogens is 2. The van der Waals surface area contributed by atoms with E-state index in [0.29, 0.717) is 17.7 Å². The van der Waals surface area contributed by atoms with E-state index in [1.807, 2.05) is 42.5 Å². The first-order chi connectivity index (χ1) is 14.6. The van der Waals surface area contributed by atoms with E-state index in [1.165, 1.54) is 11.8 Å². The van der Waals surface area contributed by atoms with E-state index in [2.05, 4.69) is 34.7 Å². The molecule has 0 unspecified atom stereocenters. The van der Waals surface area contributed by atoms with Gasteiger partial charge in [-0.3, -0.25) is 4.79 Å². The van der Waals surface area contributed by atoms with Crippen molar-refractivity contribution < 1.29 is 13.9 Å². The minimum atomic E-state index is -0.0910. The van der Waals surface area contributed by atoms with Crippen molar-refractivity contribution in [2.45, 2.75) is 38.5 Å². The molecular weight excluding hydrogens is 400 g/mol. The van der Waals surface area contributed by atoms with E-state index in [0.717, 1.165) is 41.1 Å². The lowest BCUT2D eigenvalue weighted by molar-refractivity contribution is -0.113. The van der Waals surface area contributed by atoms with Crippen LogP contribution in [0.25, 0.3) is 0 Å². The van der Waals surface area contributed by atoms with Crippen LogP contribution in [-0.4, -0.2) is 29.0 Å². The predicted molar refractivity (Wildman–Crippen MR) is 119 cm³/mol. The van der Waals surface area contributed by atoms with E-state index >= 15 is 0 Å². The lowest BCUT2D eigenvalue weighted by Gasteiger charge is -2.14. The van der Waals surface area contributed by atoms with Crippen LogP contribution in [0.1, 0.15) is 30.9 Å². The van der Waals surface area contributed by atoms with E-state index in [-0.39, 0.29) is 11.7 Å². The first-order valence-electron chi connectivity index (χ1n) is 9.86. The van der Waals surface area contributed by atoms with Crippen LogP contribution >= 0.6 is 11.8 Å². The molecule has 0 saturated carbocycles. The topological polar surface area (TPSA) is 89.3 Å². The Balaban J connectivity index is 1.51. The maximum atomic E-state index is 12.4. The molecule has 0 aliphatic carbocycles. The maximum absolute atomic E-state index is 12.4. The first kappa shape index (κ1) is 21.7. The molecule has 0 bridgehead atoms. The number of nitrogens with one attached hydrogen (secondary N) is 2. The summed E-state index contributed by atoms with van der Waals surface area (Å²) in [6, 6.07) is 13.7. The fourth-order valence-corrected chi connectivity index (χ4v) is 3.54. The van der Waals surface area contributed by atoms with Crippen molar-refractivity contribution in [2.24, 2.45) is 0 Å². The molecular formula is C22H26N4O3S. The molecule has 0 atom stereocenters. The lowest BCUT2D eigenvalue weighted by Crippen LogP contribution is -2.16. The number of anilines is 2. The number of aryl methyl sites for hydroxylation is 2. The van der Waals surface area contributed by atoms with Crippen LogP contribution in [0.4, 0.5) is 11.4 Å². The first-order valence-corrected chi connectivity index (χ1v) is 10.8. The number of carbonyl (C=O) groups excluding carboxylic acids is 1. The smallest absolute Gasteiger partial charge is 0.277 e. The molecule has 0 aliphatic heterocycles. The van der Waals surface area contributed by atoms with E-state index in [9.17, 15) is 4.79 Å². The summed E-state index contributed by atoms with van der Waals surface area (Å²) in [7, 11) is 1.63. The van der Waals surface area contributed by atoms with Gasteiger partial charge in [0.1, 0.15) is 5.75 Å². The van der Waals surface area contributed by atoms with Crippen molar-refractivity contribution >= 4 is 29.0 Å². The monoisotopic (exact) mass is 426 g/mol. The van der Waals surface area contributed by atoms with Gasteiger partial charge in [0.15, 0.2) is 0 Å². The molecule has 1 heterocycles. The Kier molecular flexibility index (Phi) is 7.73. The molecule has 1 amide bonds. The summed E-state index contributed by atoms with van der Waals surface area (Å²) < 4.78 is 10.8. The van der Waals surface area contributed by atoms with Crippen LogP contribution < -0.4 is 15.4 Å². The van der Waals surface area contributed by atoms with E-state index < -0.39 is 0 Å². The molecule has 0 fully saturated rings. The second-order valence-corrected chi connectivity index (χ2v) is 7.47. The quantitative estimate of drug-likeness (QED) is 0.460. The summed E-state index contributed by atoms with van der Waals surface area (Å²) >= 11 is 1.23. The molecule has 30 heavy (non-hydrogen) atoms. The average Bonchev–Trinajstić information content (AvgIpc) is 3.24. The summed E-state index contributed by atoms with van der Waals surface area (Å²) in [5.74, 6) is 1.36. The number of para-hydroxylation sites is 1. The number of nitrogens with zero attached hydrogens (tertiary/aromatic N) is 2. The zero-order valence-corrected chi connectivity index (χ0v) is 18.2. The van der Waals surface area contributed by atoms with Crippen molar-refractivity contribution in [1.29, 1.82) is 0 Å². The summed E-state index contributed by atoms with van der Waals surface area (Å²) in [5.41, 5.74) is 4.11. The SMILES string of the molecule is CCc1cccc(CC)c1NC(=O)CSc1nnc(CNc2ccc(OC)cc2)o1. The number of rotatable bonds is 10. The van der Waals surface area contributed by atoms with Gasteiger partial charge in [0.25, 0.3) is 5.22 Å². The van der Waals surface area contributed by atoms with Gasteiger partial charge in [0.2, 0.25) is 11.8 Å². The van der Waals surface area contributed by atoms with Crippen LogP contribution in [0.3, 0.4) is 0 Å². The van der Waals surface area contributed by atoms with Gasteiger partial charge in [-0.25, -0.2) is 0 Å². The molecule has 2 aromatic carbocycles. The fourth-order valence-electron chi connectivity index (χ4n) is 2.96. The Hall–Kier alpha value is -3.00. The average molecular weight is 427 g/mol. The number of methoxy groups -OCH3 is 1. The zero-order chi connectivity index (χ0) is 21.3. The minimum Gasteiger partial charge on any atom is -0.497 e. The van der Waals surface area contributed by atoms with Crippen molar-refractivity contribution in [1.82, 2.24) is 10.2 Å². The number of thioether (sulfide) groups is 1. The van der Waals surface area contributed by atoms with E-state index in [1.54, 1.807) is 7.11 Å². The van der Waals surface area contributed by atoms with Crippen molar-refractivity contribution in [3.63, 3.8) is 0 Å². The van der Waals surface area contributed by atoms with Gasteiger partial charge in [-0.05, 0) is 48.2 Å². The second kappa shape index (κ2) is 10.7. The van der Waals surface area contributed by atoms with Crippen LogP contribution in [0.2, 0.25) is 0 Å². The van der Waals surface area contributed by atoms with Gasteiger partial charge in [0.05, 0.1) is 19.4 Å². The highest BCUT2D eigenvalue weighted by atomic mass is 32.2. The van der Waals surface area contributed by atoms with Crippen molar-refractivity contribution in [3.8, 4) is 5.75 Å². The summed E-state index contributed by atoms with van der Waals surface area (Å²) in [6.07, 6.45) is 1.73. The Morgan fingerprint density at radius 2 is 1.77 bits per heavy atom. The molecule has 3 aromatic rings. The molecule has 8 heteroatoms. The van der Waals surface area contributed by atoms with Crippen LogP contribution in [-0.2, 0) is 24.2 Å². The highest BCUT2D eigenvalue weighted by Crippen LogP contribution is 2.24. The molecule has 158 valence electrons. The number of carbonyl (C=O) groups is 1. The Morgan fingerprint density at radius 3 is 2.40 bits per heavy atom. The highest BCUT2D eigenvalue weighted by molar-refractivity contribution is 7.99. The third-order valence-electron chi connectivity index (χ3n) is 4.57. The number of hydrogen-bond acceptors (Lipinski definition) is 7. The van der Waals surface area contributed by atoms with Crippen LogP contribution in [0.15, 0.2) is 52.1 Å². The Morgan fingerprint density at radius 1 is 1.07 bits per heavy atom. The van der Waals surface area contributed by atoms with Crippen molar-refractivity contribution in [2.75, 3.05) is 23.5 Å². The van der Waals surface area contributed by atoms with Gasteiger partial charge in [-0.2, -0.15) is 0 Å². The predicted octanol–water partition coefficient (Wildman–Crippen LogP) is 4.55. The summed E-state index contributed by atoms with van der Waals surface area (Å²) in [5, 5.41) is 14.7. The third-order valence-corrected chi connectivity index (χ3v) is 5.39. The number of amides is 1. The number of hydrogen-bond donors (Lipinski definition) is 2. The van der Waals surface area contributed by atoms with Crippen molar-refractivity contribution in [3.05, 3.63) is 59.5 Å². The minimum absolute atomic E-state index is 0.0910. The molecule has 1 aromatic heterocycles. The molecule has 0 saturated heterocycles. The molecule has 7 nitrogen and oxygen atoms in total. The summed E-state index contributed by atoms with van der Waals surface area (Å²) in [4.78, 5) is 12.4. The summed E-state index contributed by atoms with van der Waals surface area (Å²) in [6.45, 7) is 4.56. The standard InChI is InChI=1S/C22H26N4O3S/c1-4-15-7-6-8-16(5-2)21(15)24-19(27)14-30-22-26-25-20(29-22)13-23-17-9-11-18(28-3)12-10-17/h6-12,23H,4-5,13-14H2,1-3H3,(H,24,27). The largest absolute Gasteiger partial charge is 0.497 e. The Bertz CT molecular complexity index is 951. The van der Waals surface area contributed by atoms with Gasteiger partial charge >= 0.3 is 0 Å². The van der Waals surface area contributed by atoms with Gasteiger partial charge in [-0.15, -0.1) is 10.2 Å². The lowest BCUT2D eigenvalue weighted by atomic mass is 10.0. The molecule has 0 aliphatic rings. The van der Waals surface area contributed by atoms with E-state index in [4.69, 9.17) is 9.15 Å². The second-order valence-electron chi connectivity index (χ2n) is 6.54. The Labute approximate surface area is 180 Å². The maximum Gasteiger partial charge on any atom is 0.277 e. The fraction of sp³-hybridized carbons (Fsp3) is 0.318. The molecule has 0 radical (unpaired) electrons. The van der Waals surface area contributed by atoms with Crippen LogP contribution in [0, 0.1) is 0 Å². The third kappa shape index (κ3) is 5.76. The van der Waals surface area contributed by atoms with Gasteiger partial charge in [-0.1, -0.05) is 43.8 Å². The zero-order valence-electron chi connectivity index (χ0n) is 17.4. The highest BCUT2D eigenvalue weighted by Gasteiger charge is 2.13. The molecule has 2 N–H and O–H groups in total. The van der Waals surface area contributed by atoms with Gasteiger partial charge < -0.3 is 19.8 Å². The van der Waals surface area contributed by atoms with Crippen LogP contribution in [0.5, 0.6) is 5.75 Å². The van der Waals surface area contributed by atoms with Gasteiger partial charge in [0, 0.05) is 11.4 Å². The molecule has 0 spiro atoms.